The van der Waals surface area contributed by atoms with Gasteiger partial charge in [-0.25, -0.2) is 4.79 Å². The first-order valence-electron chi connectivity index (χ1n) is 15.1. The fourth-order valence-corrected chi connectivity index (χ4v) is 6.56. The van der Waals surface area contributed by atoms with E-state index in [2.05, 4.69) is 40.0 Å². The Morgan fingerprint density at radius 1 is 0.957 bits per heavy atom. The van der Waals surface area contributed by atoms with Crippen LogP contribution in [0.15, 0.2) is 97.2 Å². The van der Waals surface area contributed by atoms with Crippen LogP contribution in [-0.4, -0.2) is 64.1 Å². The highest BCUT2D eigenvalue weighted by molar-refractivity contribution is 6.31. The Bertz CT molecular complexity index is 1890. The van der Waals surface area contributed by atoms with Gasteiger partial charge in [-0.15, -0.1) is 0 Å². The molecule has 1 fully saturated rings. The zero-order chi connectivity index (χ0) is 31.8. The number of piperazine rings is 1. The minimum atomic E-state index is -0.736. The van der Waals surface area contributed by atoms with Crippen LogP contribution in [-0.2, 0) is 16.6 Å². The number of aromatic hydroxyl groups is 1. The number of aryl methyl sites for hydroxylation is 1. The van der Waals surface area contributed by atoms with Crippen LogP contribution in [0.1, 0.15) is 17.0 Å². The van der Waals surface area contributed by atoms with Crippen LogP contribution in [0.4, 0.5) is 10.5 Å². The number of anilines is 1. The van der Waals surface area contributed by atoms with Crippen molar-refractivity contribution in [1.82, 2.24) is 20.0 Å². The van der Waals surface area contributed by atoms with Gasteiger partial charge in [0.1, 0.15) is 24.1 Å². The molecule has 10 heteroatoms. The summed E-state index contributed by atoms with van der Waals surface area (Å²) >= 11 is 6.20. The molecule has 1 saturated heterocycles. The number of phenols is 1. The summed E-state index contributed by atoms with van der Waals surface area (Å²) in [5, 5.41) is 21.7. The zero-order valence-electron chi connectivity index (χ0n) is 25.1. The van der Waals surface area contributed by atoms with Crippen LogP contribution < -0.4 is 10.6 Å². The monoisotopic (exact) mass is 633 g/mol. The third-order valence-electron chi connectivity index (χ3n) is 8.62. The van der Waals surface area contributed by atoms with Crippen LogP contribution in [0, 0.1) is 0 Å². The summed E-state index contributed by atoms with van der Waals surface area (Å²) < 4.78 is 7.56. The van der Waals surface area contributed by atoms with Crippen molar-refractivity contribution in [1.29, 1.82) is 0 Å². The van der Waals surface area contributed by atoms with Gasteiger partial charge in [0.25, 0.3) is 0 Å². The maximum atomic E-state index is 13.5. The minimum absolute atomic E-state index is 0.0618. The molecule has 2 aliphatic rings. The highest BCUT2D eigenvalue weighted by atomic mass is 35.5. The SMILES string of the molecule is Cn1cc(-c2ccc(NC(=O)[C@@H]3CNCCN3C(=O)OCC3c4ccccc4-c4ccccc43)cc2)c(-c2cc(Cl)ccc2O)n1. The molecular weight excluding hydrogens is 602 g/mol. The summed E-state index contributed by atoms with van der Waals surface area (Å²) in [4.78, 5) is 28.4. The average molecular weight is 634 g/mol. The molecule has 5 aromatic rings. The van der Waals surface area contributed by atoms with Gasteiger partial charge in [0.05, 0.1) is 0 Å². The quantitative estimate of drug-likeness (QED) is 0.203. The van der Waals surface area contributed by atoms with E-state index in [0.29, 0.717) is 41.6 Å². The summed E-state index contributed by atoms with van der Waals surface area (Å²) in [6, 6.07) is 27.9. The first kappa shape index (κ1) is 29.6. The number of rotatable bonds is 6. The van der Waals surface area contributed by atoms with Gasteiger partial charge in [0, 0.05) is 60.6 Å². The molecule has 4 aromatic carbocycles. The topological polar surface area (TPSA) is 109 Å². The lowest BCUT2D eigenvalue weighted by Gasteiger charge is -2.34. The van der Waals surface area contributed by atoms with E-state index in [-0.39, 0.29) is 24.2 Å². The molecule has 1 atom stereocenters. The Hall–Kier alpha value is -5.12. The maximum absolute atomic E-state index is 13.5. The maximum Gasteiger partial charge on any atom is 0.410 e. The smallest absolute Gasteiger partial charge is 0.410 e. The number of amides is 2. The Kier molecular flexibility index (Phi) is 7.94. The van der Waals surface area contributed by atoms with E-state index in [1.807, 2.05) is 49.6 Å². The summed E-state index contributed by atoms with van der Waals surface area (Å²) in [6.07, 6.45) is 1.36. The summed E-state index contributed by atoms with van der Waals surface area (Å²) in [6.45, 7) is 1.43. The number of benzene rings is 4. The van der Waals surface area contributed by atoms with E-state index in [4.69, 9.17) is 16.3 Å². The van der Waals surface area contributed by atoms with Gasteiger partial charge in [-0.05, 0) is 58.1 Å². The number of fused-ring (bicyclic) bond motifs is 3. The molecule has 2 heterocycles. The number of aromatic nitrogens is 2. The van der Waals surface area contributed by atoms with Gasteiger partial charge < -0.3 is 20.5 Å². The largest absolute Gasteiger partial charge is 0.507 e. The van der Waals surface area contributed by atoms with Crippen molar-refractivity contribution in [3.63, 3.8) is 0 Å². The first-order valence-corrected chi connectivity index (χ1v) is 15.5. The van der Waals surface area contributed by atoms with Crippen LogP contribution in [0.25, 0.3) is 33.5 Å². The second-order valence-electron chi connectivity index (χ2n) is 11.5. The normalized spacial score (nSPS) is 15.7. The minimum Gasteiger partial charge on any atom is -0.507 e. The van der Waals surface area contributed by atoms with Gasteiger partial charge in [-0.3, -0.25) is 14.4 Å². The van der Waals surface area contributed by atoms with Crippen molar-refractivity contribution >= 4 is 29.3 Å². The molecule has 0 unspecified atom stereocenters. The highest BCUT2D eigenvalue weighted by Crippen LogP contribution is 2.44. The lowest BCUT2D eigenvalue weighted by molar-refractivity contribution is -0.121. The summed E-state index contributed by atoms with van der Waals surface area (Å²) in [7, 11) is 1.81. The van der Waals surface area contributed by atoms with Crippen molar-refractivity contribution < 1.29 is 19.4 Å². The fraction of sp³-hybridized carbons (Fsp3) is 0.194. The van der Waals surface area contributed by atoms with E-state index < -0.39 is 12.1 Å². The highest BCUT2D eigenvalue weighted by Gasteiger charge is 2.35. The van der Waals surface area contributed by atoms with Gasteiger partial charge in [0.15, 0.2) is 0 Å². The third kappa shape index (κ3) is 5.59. The lowest BCUT2D eigenvalue weighted by atomic mass is 9.98. The second-order valence-corrected chi connectivity index (χ2v) is 11.9. The standard InChI is InChI=1S/C36H32ClN5O4/c1-41-20-30(34(40-41)29-18-23(37)12-15-33(29)43)22-10-13-24(14-11-22)39-35(44)32-19-38-16-17-42(32)36(45)46-21-31-27-8-4-2-6-25(27)26-7-3-5-9-28(26)31/h2-15,18,20,31-32,38,43H,16-17,19,21H2,1H3,(H,39,44)/t32-/m0/s1. The van der Waals surface area contributed by atoms with Crippen molar-refractivity contribution in [2.45, 2.75) is 12.0 Å². The molecule has 0 radical (unpaired) electrons. The molecule has 2 amide bonds. The number of carbonyl (C=O) groups is 2. The van der Waals surface area contributed by atoms with Crippen molar-refractivity contribution in [3.8, 4) is 39.3 Å². The molecule has 1 aliphatic carbocycles. The number of nitrogens with zero attached hydrogens (tertiary/aromatic N) is 3. The van der Waals surface area contributed by atoms with Crippen molar-refractivity contribution in [2.24, 2.45) is 7.05 Å². The average Bonchev–Trinajstić information content (AvgIpc) is 3.62. The van der Waals surface area contributed by atoms with Gasteiger partial charge in [-0.2, -0.15) is 5.10 Å². The Balaban J connectivity index is 1.04. The van der Waals surface area contributed by atoms with Crippen LogP contribution >= 0.6 is 11.6 Å². The van der Waals surface area contributed by atoms with Crippen LogP contribution in [0.5, 0.6) is 5.75 Å². The van der Waals surface area contributed by atoms with Gasteiger partial charge in [0.2, 0.25) is 5.91 Å². The molecule has 3 N–H and O–H groups in total. The number of hydrogen-bond donors (Lipinski definition) is 3. The molecular formula is C36H32ClN5O4. The van der Waals surface area contributed by atoms with E-state index in [0.717, 1.165) is 33.4 Å². The fourth-order valence-electron chi connectivity index (χ4n) is 6.39. The lowest BCUT2D eigenvalue weighted by Crippen LogP contribution is -2.58. The number of hydrogen-bond acceptors (Lipinski definition) is 6. The third-order valence-corrected chi connectivity index (χ3v) is 8.86. The number of carbonyl (C=O) groups excluding carboxylic acids is 2. The zero-order valence-corrected chi connectivity index (χ0v) is 25.9. The van der Waals surface area contributed by atoms with Crippen molar-refractivity contribution in [2.75, 3.05) is 31.6 Å². The molecule has 46 heavy (non-hydrogen) atoms. The number of halogens is 1. The molecule has 1 aliphatic heterocycles. The molecule has 7 rings (SSSR count). The van der Waals surface area contributed by atoms with E-state index in [9.17, 15) is 14.7 Å². The molecule has 0 spiro atoms. The molecule has 9 nitrogen and oxygen atoms in total. The van der Waals surface area contributed by atoms with E-state index >= 15 is 0 Å². The molecule has 1 aromatic heterocycles. The van der Waals surface area contributed by atoms with E-state index in [1.165, 1.54) is 4.90 Å². The number of nitrogens with one attached hydrogen (secondary N) is 2. The van der Waals surface area contributed by atoms with Gasteiger partial charge in [-0.1, -0.05) is 72.3 Å². The second kappa shape index (κ2) is 12.3. The summed E-state index contributed by atoms with van der Waals surface area (Å²) in [5.41, 5.74) is 7.94. The summed E-state index contributed by atoms with van der Waals surface area (Å²) in [5.74, 6) is -0.289. The van der Waals surface area contributed by atoms with E-state index in [1.54, 1.807) is 35.0 Å². The van der Waals surface area contributed by atoms with Gasteiger partial charge >= 0.3 is 6.09 Å². The number of ether oxygens (including phenoxy) is 1. The Labute approximate surface area is 271 Å². The molecule has 0 saturated carbocycles. The van der Waals surface area contributed by atoms with Crippen LogP contribution in [0.2, 0.25) is 5.02 Å². The Morgan fingerprint density at radius 2 is 1.65 bits per heavy atom. The van der Waals surface area contributed by atoms with Crippen LogP contribution in [0.3, 0.4) is 0 Å². The van der Waals surface area contributed by atoms with Crippen molar-refractivity contribution in [3.05, 3.63) is 113 Å². The predicted molar refractivity (Wildman–Crippen MR) is 178 cm³/mol. The number of phenolic OH excluding ortho intramolecular Hbond substituents is 1. The first-order chi connectivity index (χ1) is 22.4. The predicted octanol–water partition coefficient (Wildman–Crippen LogP) is 6.27. The molecule has 0 bridgehead atoms. The molecule has 232 valence electrons. The Morgan fingerprint density at radius 3 is 2.37 bits per heavy atom.